The van der Waals surface area contributed by atoms with E-state index < -0.39 is 12.1 Å². The van der Waals surface area contributed by atoms with Crippen LogP contribution in [0.15, 0.2) is 36.5 Å². The quantitative estimate of drug-likeness (QED) is 0.489. The van der Waals surface area contributed by atoms with Crippen molar-refractivity contribution < 1.29 is 14.3 Å². The van der Waals surface area contributed by atoms with E-state index in [1.54, 1.807) is 19.1 Å². The second-order valence-corrected chi connectivity index (χ2v) is 5.43. The molecule has 0 N–H and O–H groups in total. The molecule has 0 unspecified atom stereocenters. The van der Waals surface area contributed by atoms with Gasteiger partial charge in [0.25, 0.3) is 0 Å². The molecule has 5 heteroatoms. The number of aryl methyl sites for hydroxylation is 2. The van der Waals surface area contributed by atoms with E-state index >= 15 is 0 Å². The van der Waals surface area contributed by atoms with E-state index in [1.807, 2.05) is 26.0 Å². The van der Waals surface area contributed by atoms with Crippen molar-refractivity contribution in [1.29, 1.82) is 0 Å². The molecule has 2 aromatic rings. The maximum Gasteiger partial charge on any atom is 0.341 e. The normalized spacial score (nSPS) is 11.8. The van der Waals surface area contributed by atoms with Crippen molar-refractivity contribution in [3.05, 3.63) is 63.9 Å². The minimum Gasteiger partial charge on any atom is -0.451 e. The Morgan fingerprint density at radius 1 is 1.18 bits per heavy atom. The van der Waals surface area contributed by atoms with Gasteiger partial charge in [0.15, 0.2) is 6.10 Å². The molecule has 0 amide bonds. The molecular weight excluding hydrogens is 302 g/mol. The molecule has 0 fully saturated rings. The van der Waals surface area contributed by atoms with Crippen molar-refractivity contribution in [3.63, 3.8) is 0 Å². The number of ketones is 1. The summed E-state index contributed by atoms with van der Waals surface area (Å²) in [5, 5.41) is 0.0545. The zero-order valence-electron chi connectivity index (χ0n) is 12.6. The van der Waals surface area contributed by atoms with Crippen molar-refractivity contribution in [3.8, 4) is 0 Å². The van der Waals surface area contributed by atoms with Gasteiger partial charge in [-0.15, -0.1) is 0 Å². The van der Waals surface area contributed by atoms with E-state index in [2.05, 4.69) is 4.98 Å². The molecule has 0 aliphatic carbocycles. The predicted molar refractivity (Wildman–Crippen MR) is 84.4 cm³/mol. The zero-order valence-corrected chi connectivity index (χ0v) is 13.3. The fraction of sp³-hybridized carbons (Fsp3) is 0.235. The van der Waals surface area contributed by atoms with Crippen LogP contribution in [-0.4, -0.2) is 22.8 Å². The Bertz CT molecular complexity index is 728. The third-order valence-corrected chi connectivity index (χ3v) is 3.59. The van der Waals surface area contributed by atoms with Crippen LogP contribution >= 0.6 is 11.6 Å². The summed E-state index contributed by atoms with van der Waals surface area (Å²) in [6.45, 7) is 5.30. The average Bonchev–Trinajstić information content (AvgIpc) is 2.49. The zero-order chi connectivity index (χ0) is 16.3. The molecule has 1 heterocycles. The Kier molecular flexibility index (Phi) is 4.93. The van der Waals surface area contributed by atoms with Gasteiger partial charge in [0.1, 0.15) is 5.15 Å². The van der Waals surface area contributed by atoms with Gasteiger partial charge in [-0.25, -0.2) is 9.78 Å². The van der Waals surface area contributed by atoms with Crippen molar-refractivity contribution in [2.45, 2.75) is 26.9 Å². The number of hydrogen-bond donors (Lipinski definition) is 0. The Morgan fingerprint density at radius 3 is 2.59 bits per heavy atom. The molecular formula is C17H16ClNO3. The van der Waals surface area contributed by atoms with Crippen molar-refractivity contribution >= 4 is 23.4 Å². The Morgan fingerprint density at radius 2 is 1.91 bits per heavy atom. The number of hydrogen-bond acceptors (Lipinski definition) is 4. The van der Waals surface area contributed by atoms with Crippen LogP contribution < -0.4 is 0 Å². The van der Waals surface area contributed by atoms with Gasteiger partial charge in [-0.05, 0) is 44.5 Å². The Labute approximate surface area is 134 Å². The van der Waals surface area contributed by atoms with Gasteiger partial charge >= 0.3 is 5.97 Å². The van der Waals surface area contributed by atoms with Gasteiger partial charge < -0.3 is 4.74 Å². The van der Waals surface area contributed by atoms with E-state index in [1.165, 1.54) is 12.3 Å². The standard InChI is InChI=1S/C17H16ClNO3/c1-10-6-7-11(2)14(9-10)15(20)12(3)22-17(21)13-5-4-8-19-16(13)18/h4-9,12H,1-3H3/t12-/m0/s1. The monoisotopic (exact) mass is 317 g/mol. The summed E-state index contributed by atoms with van der Waals surface area (Å²) in [6, 6.07) is 8.68. The highest BCUT2D eigenvalue weighted by Gasteiger charge is 2.23. The van der Waals surface area contributed by atoms with E-state index in [9.17, 15) is 9.59 Å². The highest BCUT2D eigenvalue weighted by Crippen LogP contribution is 2.17. The fourth-order valence-corrected chi connectivity index (χ4v) is 2.23. The predicted octanol–water partition coefficient (Wildman–Crippen LogP) is 3.78. The van der Waals surface area contributed by atoms with Crippen LogP contribution in [0.25, 0.3) is 0 Å². The smallest absolute Gasteiger partial charge is 0.341 e. The van der Waals surface area contributed by atoms with Crippen LogP contribution in [0.5, 0.6) is 0 Å². The maximum absolute atomic E-state index is 12.4. The summed E-state index contributed by atoms with van der Waals surface area (Å²) < 4.78 is 5.22. The third kappa shape index (κ3) is 3.52. The lowest BCUT2D eigenvalue weighted by Crippen LogP contribution is -2.25. The van der Waals surface area contributed by atoms with Crippen LogP contribution in [0.1, 0.15) is 38.8 Å². The number of halogens is 1. The number of benzene rings is 1. The number of nitrogens with zero attached hydrogens (tertiary/aromatic N) is 1. The maximum atomic E-state index is 12.4. The lowest BCUT2D eigenvalue weighted by molar-refractivity contribution is 0.0318. The molecule has 0 saturated heterocycles. The number of rotatable bonds is 4. The van der Waals surface area contributed by atoms with Gasteiger partial charge in [-0.3, -0.25) is 4.79 Å². The summed E-state index contributed by atoms with van der Waals surface area (Å²) in [5.41, 5.74) is 2.52. The van der Waals surface area contributed by atoms with E-state index in [-0.39, 0.29) is 16.5 Å². The van der Waals surface area contributed by atoms with Crippen LogP contribution in [-0.2, 0) is 4.74 Å². The Hall–Kier alpha value is -2.20. The van der Waals surface area contributed by atoms with E-state index in [0.29, 0.717) is 5.56 Å². The number of pyridine rings is 1. The number of carbonyl (C=O) groups excluding carboxylic acids is 2. The first-order valence-corrected chi connectivity index (χ1v) is 7.21. The number of aromatic nitrogens is 1. The molecule has 22 heavy (non-hydrogen) atoms. The molecule has 0 aliphatic rings. The molecule has 4 nitrogen and oxygen atoms in total. The molecule has 0 radical (unpaired) electrons. The first-order valence-electron chi connectivity index (χ1n) is 6.83. The van der Waals surface area contributed by atoms with Crippen LogP contribution in [0.2, 0.25) is 5.15 Å². The topological polar surface area (TPSA) is 56.3 Å². The molecule has 1 atom stereocenters. The number of ether oxygens (including phenoxy) is 1. The number of carbonyl (C=O) groups is 2. The molecule has 0 spiro atoms. The minimum absolute atomic E-state index is 0.0545. The summed E-state index contributed by atoms with van der Waals surface area (Å²) >= 11 is 5.85. The molecule has 114 valence electrons. The van der Waals surface area contributed by atoms with E-state index in [0.717, 1.165) is 11.1 Å². The lowest BCUT2D eigenvalue weighted by atomic mass is 9.99. The van der Waals surface area contributed by atoms with Gasteiger partial charge in [0.2, 0.25) is 5.78 Å². The minimum atomic E-state index is -0.899. The highest BCUT2D eigenvalue weighted by molar-refractivity contribution is 6.32. The summed E-state index contributed by atoms with van der Waals surface area (Å²) in [7, 11) is 0. The van der Waals surface area contributed by atoms with Crippen molar-refractivity contribution in [2.75, 3.05) is 0 Å². The van der Waals surface area contributed by atoms with Gasteiger partial charge in [0.05, 0.1) is 5.56 Å². The Balaban J connectivity index is 2.17. The highest BCUT2D eigenvalue weighted by atomic mass is 35.5. The van der Waals surface area contributed by atoms with Crippen LogP contribution in [0.4, 0.5) is 0 Å². The molecule has 1 aromatic heterocycles. The van der Waals surface area contributed by atoms with Crippen LogP contribution in [0, 0.1) is 13.8 Å². The summed E-state index contributed by atoms with van der Waals surface area (Å²) in [4.78, 5) is 28.3. The number of esters is 1. The largest absolute Gasteiger partial charge is 0.451 e. The SMILES string of the molecule is Cc1ccc(C)c(C(=O)[C@H](C)OC(=O)c2cccnc2Cl)c1. The fourth-order valence-electron chi connectivity index (χ4n) is 2.04. The molecule has 0 aliphatic heterocycles. The second kappa shape index (κ2) is 6.71. The van der Waals surface area contributed by atoms with Gasteiger partial charge in [-0.2, -0.15) is 0 Å². The lowest BCUT2D eigenvalue weighted by Gasteiger charge is -2.14. The summed E-state index contributed by atoms with van der Waals surface area (Å²) in [6.07, 6.45) is 0.577. The first-order chi connectivity index (χ1) is 10.4. The second-order valence-electron chi connectivity index (χ2n) is 5.07. The first kappa shape index (κ1) is 16.2. The van der Waals surface area contributed by atoms with Gasteiger partial charge in [0, 0.05) is 11.8 Å². The third-order valence-electron chi connectivity index (χ3n) is 3.29. The van der Waals surface area contributed by atoms with Crippen molar-refractivity contribution in [2.24, 2.45) is 0 Å². The molecule has 0 saturated carbocycles. The molecule has 0 bridgehead atoms. The molecule has 1 aromatic carbocycles. The molecule has 2 rings (SSSR count). The van der Waals surface area contributed by atoms with Gasteiger partial charge in [-0.1, -0.05) is 29.3 Å². The van der Waals surface area contributed by atoms with E-state index in [4.69, 9.17) is 16.3 Å². The average molecular weight is 318 g/mol. The van der Waals surface area contributed by atoms with Crippen molar-refractivity contribution in [1.82, 2.24) is 4.98 Å². The summed E-state index contributed by atoms with van der Waals surface area (Å²) in [5.74, 6) is -0.904. The van der Waals surface area contributed by atoms with Crippen LogP contribution in [0.3, 0.4) is 0 Å². The number of Topliss-reactive ketones (excluding diaryl/α,β-unsaturated/α-hetero) is 1.